The molecule has 3 amide bonds. The highest BCUT2D eigenvalue weighted by Gasteiger charge is 2.30. The average molecular weight is 526 g/mol. The molecular weight excluding hydrogens is 494 g/mol. The monoisotopic (exact) mass is 525 g/mol. The number of nitrogens with zero attached hydrogens (tertiary/aromatic N) is 3. The molecule has 0 atom stereocenters. The molecule has 0 spiro atoms. The topological polar surface area (TPSA) is 117 Å². The Labute approximate surface area is 219 Å². The van der Waals surface area contributed by atoms with Crippen molar-refractivity contribution in [2.75, 3.05) is 45.2 Å². The molecule has 3 heterocycles. The van der Waals surface area contributed by atoms with E-state index in [4.69, 9.17) is 9.15 Å². The maximum atomic E-state index is 12.8. The Morgan fingerprint density at radius 3 is 2.51 bits per heavy atom. The van der Waals surface area contributed by atoms with Gasteiger partial charge in [0.25, 0.3) is 5.91 Å². The minimum absolute atomic E-state index is 0.0712. The first-order valence-electron chi connectivity index (χ1n) is 11.9. The van der Waals surface area contributed by atoms with Gasteiger partial charge in [0.1, 0.15) is 5.75 Å². The number of hydrogen-bond donors (Lipinski definition) is 2. The number of nitrogens with one attached hydrogen (secondary N) is 2. The van der Waals surface area contributed by atoms with Gasteiger partial charge in [-0.1, -0.05) is 0 Å². The van der Waals surface area contributed by atoms with Gasteiger partial charge in [0.2, 0.25) is 0 Å². The number of aromatic nitrogens is 1. The van der Waals surface area contributed by atoms with E-state index in [0.29, 0.717) is 55.5 Å². The molecule has 11 heteroatoms. The Morgan fingerprint density at radius 1 is 1.14 bits per heavy atom. The number of aryl methyl sites for hydroxylation is 1. The molecule has 1 aliphatic rings. The molecule has 37 heavy (non-hydrogen) atoms. The second-order valence-corrected chi connectivity index (χ2v) is 10.5. The summed E-state index contributed by atoms with van der Waals surface area (Å²) in [6.45, 7) is 8.87. The number of oxazole rings is 1. The smallest absolute Gasteiger partial charge is 0.313 e. The Bertz CT molecular complexity index is 1260. The summed E-state index contributed by atoms with van der Waals surface area (Å²) in [6.07, 6.45) is 2.88. The van der Waals surface area contributed by atoms with Crippen LogP contribution in [0.1, 0.15) is 29.1 Å². The van der Waals surface area contributed by atoms with E-state index in [9.17, 15) is 14.4 Å². The molecule has 1 saturated heterocycles. The molecule has 0 radical (unpaired) electrons. The third-order valence-electron chi connectivity index (χ3n) is 6.15. The van der Waals surface area contributed by atoms with Crippen LogP contribution in [0.5, 0.6) is 5.75 Å². The second kappa shape index (κ2) is 11.1. The first-order valence-corrected chi connectivity index (χ1v) is 12.8. The fourth-order valence-electron chi connectivity index (χ4n) is 4.32. The standard InChI is InChI=1S/C26H31N5O5S/c1-17-7-12-37-22(17)25(34)31-10-8-30(9-11-31)15-26(2,3)29-24(33)23(32)28-18-5-6-19(20(13-18)35-4)21-14-27-16-36-21/h5-7,12-14,16H,8-11,15H2,1-4H3,(H,28,32)(H,29,33). The lowest BCUT2D eigenvalue weighted by molar-refractivity contribution is -0.137. The van der Waals surface area contributed by atoms with Gasteiger partial charge < -0.3 is 24.7 Å². The Kier molecular flexibility index (Phi) is 7.94. The molecule has 196 valence electrons. The number of benzene rings is 1. The summed E-state index contributed by atoms with van der Waals surface area (Å²) in [7, 11) is 1.51. The number of ether oxygens (including phenoxy) is 1. The summed E-state index contributed by atoms with van der Waals surface area (Å²) in [5.41, 5.74) is 1.44. The largest absolute Gasteiger partial charge is 0.496 e. The maximum Gasteiger partial charge on any atom is 0.313 e. The van der Waals surface area contributed by atoms with Crippen LogP contribution in [0, 0.1) is 6.92 Å². The zero-order valence-corrected chi connectivity index (χ0v) is 22.2. The third-order valence-corrected chi connectivity index (χ3v) is 7.15. The van der Waals surface area contributed by atoms with E-state index in [-0.39, 0.29) is 5.91 Å². The number of methoxy groups -OCH3 is 1. The SMILES string of the molecule is COc1cc(NC(=O)C(=O)NC(C)(C)CN2CCN(C(=O)c3sccc3C)CC2)ccc1-c1cnco1. The average Bonchev–Trinajstić information content (AvgIpc) is 3.55. The van der Waals surface area contributed by atoms with E-state index in [1.165, 1.54) is 24.8 Å². The van der Waals surface area contributed by atoms with Crippen molar-refractivity contribution in [3.05, 3.63) is 52.7 Å². The van der Waals surface area contributed by atoms with E-state index >= 15 is 0 Å². The van der Waals surface area contributed by atoms with Crippen LogP contribution in [0.15, 0.2) is 46.7 Å². The van der Waals surface area contributed by atoms with Gasteiger partial charge in [0, 0.05) is 50.0 Å². The Hall–Kier alpha value is -3.70. The molecule has 2 N–H and O–H groups in total. The number of carbonyl (C=O) groups is 3. The number of thiophene rings is 1. The van der Waals surface area contributed by atoms with Gasteiger partial charge in [-0.25, -0.2) is 4.98 Å². The number of carbonyl (C=O) groups excluding carboxylic acids is 3. The molecule has 10 nitrogen and oxygen atoms in total. The lowest BCUT2D eigenvalue weighted by Crippen LogP contribution is -2.57. The maximum absolute atomic E-state index is 12.8. The molecule has 0 saturated carbocycles. The molecular formula is C26H31N5O5S. The van der Waals surface area contributed by atoms with Gasteiger partial charge in [-0.15, -0.1) is 11.3 Å². The highest BCUT2D eigenvalue weighted by molar-refractivity contribution is 7.12. The zero-order valence-electron chi connectivity index (χ0n) is 21.4. The molecule has 4 rings (SSSR count). The first kappa shape index (κ1) is 26.4. The molecule has 3 aromatic rings. The van der Waals surface area contributed by atoms with Crippen molar-refractivity contribution < 1.29 is 23.5 Å². The van der Waals surface area contributed by atoms with Crippen LogP contribution >= 0.6 is 11.3 Å². The lowest BCUT2D eigenvalue weighted by atomic mass is 10.0. The van der Waals surface area contributed by atoms with Crippen LogP contribution in [0.2, 0.25) is 0 Å². The van der Waals surface area contributed by atoms with Gasteiger partial charge in [-0.05, 0) is 49.9 Å². The van der Waals surface area contributed by atoms with Crippen molar-refractivity contribution in [3.8, 4) is 17.1 Å². The van der Waals surface area contributed by atoms with Gasteiger partial charge in [0.15, 0.2) is 12.2 Å². The fourth-order valence-corrected chi connectivity index (χ4v) is 5.21. The lowest BCUT2D eigenvalue weighted by Gasteiger charge is -2.39. The summed E-state index contributed by atoms with van der Waals surface area (Å²) in [5, 5.41) is 7.38. The van der Waals surface area contributed by atoms with E-state index in [1.807, 2.05) is 37.1 Å². The van der Waals surface area contributed by atoms with Crippen molar-refractivity contribution in [2.24, 2.45) is 0 Å². The quantitative estimate of drug-likeness (QED) is 0.456. The van der Waals surface area contributed by atoms with Crippen molar-refractivity contribution in [1.29, 1.82) is 0 Å². The summed E-state index contributed by atoms with van der Waals surface area (Å²) >= 11 is 1.47. The zero-order chi connectivity index (χ0) is 26.6. The number of hydrogen-bond acceptors (Lipinski definition) is 8. The highest BCUT2D eigenvalue weighted by atomic mass is 32.1. The molecule has 1 aliphatic heterocycles. The number of piperazine rings is 1. The Balaban J connectivity index is 1.28. The van der Waals surface area contributed by atoms with E-state index < -0.39 is 17.4 Å². The first-order chi connectivity index (χ1) is 17.7. The van der Waals surface area contributed by atoms with Crippen LogP contribution in [-0.2, 0) is 9.59 Å². The van der Waals surface area contributed by atoms with E-state index in [1.54, 1.807) is 24.4 Å². The van der Waals surface area contributed by atoms with Gasteiger partial charge in [-0.3, -0.25) is 19.3 Å². The van der Waals surface area contributed by atoms with Gasteiger partial charge >= 0.3 is 11.8 Å². The van der Waals surface area contributed by atoms with Crippen molar-refractivity contribution in [3.63, 3.8) is 0 Å². The second-order valence-electron chi connectivity index (χ2n) is 9.57. The normalized spacial score (nSPS) is 14.3. The summed E-state index contributed by atoms with van der Waals surface area (Å²) < 4.78 is 10.7. The minimum atomic E-state index is -0.774. The summed E-state index contributed by atoms with van der Waals surface area (Å²) in [4.78, 5) is 46.8. The number of rotatable bonds is 7. The van der Waals surface area contributed by atoms with Crippen LogP contribution in [-0.4, -0.2) is 77.9 Å². The van der Waals surface area contributed by atoms with Crippen LogP contribution in [0.4, 0.5) is 5.69 Å². The molecule has 1 fully saturated rings. The summed E-state index contributed by atoms with van der Waals surface area (Å²) in [5.74, 6) is -0.431. The molecule has 2 aromatic heterocycles. The fraction of sp³-hybridized carbons (Fsp3) is 0.385. The molecule has 1 aromatic carbocycles. The molecule has 0 aliphatic carbocycles. The third kappa shape index (κ3) is 6.36. The Morgan fingerprint density at radius 2 is 1.89 bits per heavy atom. The predicted octanol–water partition coefficient (Wildman–Crippen LogP) is 3.01. The van der Waals surface area contributed by atoms with Crippen LogP contribution < -0.4 is 15.4 Å². The van der Waals surface area contributed by atoms with Crippen molar-refractivity contribution in [2.45, 2.75) is 26.3 Å². The van der Waals surface area contributed by atoms with Crippen molar-refractivity contribution in [1.82, 2.24) is 20.1 Å². The highest BCUT2D eigenvalue weighted by Crippen LogP contribution is 2.32. The summed E-state index contributed by atoms with van der Waals surface area (Å²) in [6, 6.07) is 6.96. The van der Waals surface area contributed by atoms with Crippen LogP contribution in [0.3, 0.4) is 0 Å². The molecule has 0 bridgehead atoms. The van der Waals surface area contributed by atoms with Crippen LogP contribution in [0.25, 0.3) is 11.3 Å². The minimum Gasteiger partial charge on any atom is -0.496 e. The van der Waals surface area contributed by atoms with Gasteiger partial charge in [-0.2, -0.15) is 0 Å². The van der Waals surface area contributed by atoms with Gasteiger partial charge in [0.05, 0.1) is 23.7 Å². The van der Waals surface area contributed by atoms with E-state index in [2.05, 4.69) is 20.5 Å². The number of amides is 3. The van der Waals surface area contributed by atoms with Crippen molar-refractivity contribution >= 4 is 34.7 Å². The predicted molar refractivity (Wildman–Crippen MR) is 141 cm³/mol. The van der Waals surface area contributed by atoms with E-state index in [0.717, 1.165) is 10.4 Å². The molecule has 0 unspecified atom stereocenters. The number of anilines is 1.